The molecule has 1 unspecified atom stereocenters. The molecule has 1 rings (SSSR count). The summed E-state index contributed by atoms with van der Waals surface area (Å²) in [5, 5.41) is 0. The van der Waals surface area contributed by atoms with Crippen LogP contribution >= 0.6 is 0 Å². The number of hydrogen-bond donors (Lipinski definition) is 0. The predicted octanol–water partition coefficient (Wildman–Crippen LogP) is 2.89. The molecule has 0 saturated carbocycles. The van der Waals surface area contributed by atoms with Crippen molar-refractivity contribution in [1.82, 2.24) is 4.90 Å². The van der Waals surface area contributed by atoms with Crippen LogP contribution in [0.1, 0.15) is 33.1 Å². The molecule has 1 atom stereocenters. The first-order valence-electron chi connectivity index (χ1n) is 8.12. The van der Waals surface area contributed by atoms with Crippen LogP contribution < -0.4 is 4.74 Å². The lowest BCUT2D eigenvalue weighted by Gasteiger charge is -2.25. The van der Waals surface area contributed by atoms with Gasteiger partial charge in [-0.3, -0.25) is 9.59 Å². The summed E-state index contributed by atoms with van der Waals surface area (Å²) in [4.78, 5) is 25.7. The SMILES string of the molecule is CCCCN(CC(C)C(=O)OC)C(=O)CCOc1ccccc1. The van der Waals surface area contributed by atoms with Gasteiger partial charge in [0.2, 0.25) is 5.91 Å². The Kier molecular flexibility index (Phi) is 8.80. The molecular formula is C18H27NO4. The lowest BCUT2D eigenvalue weighted by atomic mass is 10.1. The summed E-state index contributed by atoms with van der Waals surface area (Å²) in [6.45, 7) is 5.22. The van der Waals surface area contributed by atoms with Crippen LogP contribution in [0.15, 0.2) is 30.3 Å². The molecule has 0 radical (unpaired) electrons. The topological polar surface area (TPSA) is 55.8 Å². The zero-order valence-electron chi connectivity index (χ0n) is 14.3. The molecule has 5 heteroatoms. The Morgan fingerprint density at radius 3 is 2.52 bits per heavy atom. The standard InChI is InChI=1S/C18H27NO4/c1-4-5-12-19(14-15(2)18(21)22-3)17(20)11-13-23-16-9-7-6-8-10-16/h6-10,15H,4-5,11-14H2,1-3H3. The van der Waals surface area contributed by atoms with E-state index in [4.69, 9.17) is 9.47 Å². The van der Waals surface area contributed by atoms with Crippen LogP contribution in [0.3, 0.4) is 0 Å². The van der Waals surface area contributed by atoms with Crippen molar-refractivity contribution in [3.8, 4) is 5.75 Å². The minimum Gasteiger partial charge on any atom is -0.493 e. The van der Waals surface area contributed by atoms with E-state index in [-0.39, 0.29) is 17.8 Å². The van der Waals surface area contributed by atoms with Crippen LogP contribution in [0.2, 0.25) is 0 Å². The number of para-hydroxylation sites is 1. The second-order valence-corrected chi connectivity index (χ2v) is 5.53. The minimum atomic E-state index is -0.323. The number of esters is 1. The van der Waals surface area contributed by atoms with Crippen molar-refractivity contribution < 1.29 is 19.1 Å². The number of rotatable bonds is 10. The van der Waals surface area contributed by atoms with Crippen LogP contribution in [-0.4, -0.2) is 43.6 Å². The molecule has 23 heavy (non-hydrogen) atoms. The smallest absolute Gasteiger partial charge is 0.310 e. The van der Waals surface area contributed by atoms with E-state index in [2.05, 4.69) is 6.92 Å². The molecule has 0 spiro atoms. The number of methoxy groups -OCH3 is 1. The van der Waals surface area contributed by atoms with Crippen molar-refractivity contribution in [3.63, 3.8) is 0 Å². The zero-order chi connectivity index (χ0) is 17.1. The van der Waals surface area contributed by atoms with Crippen LogP contribution in [0.5, 0.6) is 5.75 Å². The highest BCUT2D eigenvalue weighted by Gasteiger charge is 2.21. The van der Waals surface area contributed by atoms with Gasteiger partial charge in [-0.2, -0.15) is 0 Å². The quantitative estimate of drug-likeness (QED) is 0.622. The van der Waals surface area contributed by atoms with Gasteiger partial charge in [0.1, 0.15) is 5.75 Å². The largest absolute Gasteiger partial charge is 0.493 e. The Morgan fingerprint density at radius 1 is 1.22 bits per heavy atom. The van der Waals surface area contributed by atoms with Crippen LogP contribution in [0.25, 0.3) is 0 Å². The Labute approximate surface area is 138 Å². The van der Waals surface area contributed by atoms with Crippen molar-refractivity contribution in [3.05, 3.63) is 30.3 Å². The third-order valence-electron chi connectivity index (χ3n) is 3.56. The van der Waals surface area contributed by atoms with E-state index in [9.17, 15) is 9.59 Å². The zero-order valence-corrected chi connectivity index (χ0v) is 14.3. The molecule has 0 aliphatic rings. The van der Waals surface area contributed by atoms with Gasteiger partial charge in [-0.05, 0) is 18.6 Å². The normalized spacial score (nSPS) is 11.6. The number of carbonyl (C=O) groups is 2. The minimum absolute atomic E-state index is 0.00475. The average Bonchev–Trinajstić information content (AvgIpc) is 2.58. The van der Waals surface area contributed by atoms with Gasteiger partial charge in [0.15, 0.2) is 0 Å². The highest BCUT2D eigenvalue weighted by molar-refractivity contribution is 5.78. The van der Waals surface area contributed by atoms with E-state index in [0.717, 1.165) is 18.6 Å². The Morgan fingerprint density at radius 2 is 1.91 bits per heavy atom. The average molecular weight is 321 g/mol. The summed E-state index contributed by atoms with van der Waals surface area (Å²) in [6.07, 6.45) is 2.21. The predicted molar refractivity (Wildman–Crippen MR) is 89.2 cm³/mol. The third kappa shape index (κ3) is 7.17. The molecule has 0 N–H and O–H groups in total. The molecule has 1 aromatic rings. The number of benzene rings is 1. The Balaban J connectivity index is 2.48. The second kappa shape index (κ2) is 10.6. The van der Waals surface area contributed by atoms with Gasteiger partial charge in [-0.15, -0.1) is 0 Å². The van der Waals surface area contributed by atoms with Gasteiger partial charge in [0.05, 0.1) is 26.1 Å². The van der Waals surface area contributed by atoms with E-state index in [1.165, 1.54) is 7.11 Å². The van der Waals surface area contributed by atoms with E-state index in [1.807, 2.05) is 30.3 Å². The number of ether oxygens (including phenoxy) is 2. The van der Waals surface area contributed by atoms with E-state index < -0.39 is 0 Å². The summed E-state index contributed by atoms with van der Waals surface area (Å²) in [5.41, 5.74) is 0. The van der Waals surface area contributed by atoms with Crippen molar-refractivity contribution in [2.75, 3.05) is 26.8 Å². The number of hydrogen-bond acceptors (Lipinski definition) is 4. The van der Waals surface area contributed by atoms with Crippen molar-refractivity contribution in [2.24, 2.45) is 5.92 Å². The maximum absolute atomic E-state index is 12.4. The Hall–Kier alpha value is -2.04. The Bertz CT molecular complexity index is 475. The summed E-state index contributed by atoms with van der Waals surface area (Å²) in [6, 6.07) is 9.42. The van der Waals surface area contributed by atoms with Gasteiger partial charge in [0, 0.05) is 13.1 Å². The van der Waals surface area contributed by atoms with Crippen LogP contribution in [-0.2, 0) is 14.3 Å². The van der Waals surface area contributed by atoms with Crippen LogP contribution in [0, 0.1) is 5.92 Å². The molecule has 0 aromatic heterocycles. The molecule has 1 aromatic carbocycles. The number of amides is 1. The highest BCUT2D eigenvalue weighted by atomic mass is 16.5. The van der Waals surface area contributed by atoms with Crippen LogP contribution in [0.4, 0.5) is 0 Å². The molecule has 0 aliphatic heterocycles. The second-order valence-electron chi connectivity index (χ2n) is 5.53. The van der Waals surface area contributed by atoms with E-state index in [1.54, 1.807) is 11.8 Å². The fourth-order valence-electron chi connectivity index (χ4n) is 2.20. The molecule has 128 valence electrons. The fourth-order valence-corrected chi connectivity index (χ4v) is 2.20. The molecule has 0 saturated heterocycles. The lowest BCUT2D eigenvalue weighted by Crippen LogP contribution is -2.38. The molecular weight excluding hydrogens is 294 g/mol. The number of unbranched alkanes of at least 4 members (excludes halogenated alkanes) is 1. The molecule has 0 bridgehead atoms. The van der Waals surface area contributed by atoms with Gasteiger partial charge >= 0.3 is 5.97 Å². The molecule has 5 nitrogen and oxygen atoms in total. The summed E-state index contributed by atoms with van der Waals surface area (Å²) < 4.78 is 10.3. The van der Waals surface area contributed by atoms with Gasteiger partial charge < -0.3 is 14.4 Å². The highest BCUT2D eigenvalue weighted by Crippen LogP contribution is 2.10. The monoisotopic (exact) mass is 321 g/mol. The number of carbonyl (C=O) groups excluding carboxylic acids is 2. The summed E-state index contributed by atoms with van der Waals surface area (Å²) in [5.74, 6) is 0.143. The van der Waals surface area contributed by atoms with Crippen molar-refractivity contribution in [2.45, 2.75) is 33.1 Å². The third-order valence-corrected chi connectivity index (χ3v) is 3.56. The number of nitrogens with zero attached hydrogens (tertiary/aromatic N) is 1. The van der Waals surface area contributed by atoms with Crippen molar-refractivity contribution >= 4 is 11.9 Å². The van der Waals surface area contributed by atoms with Crippen molar-refractivity contribution in [1.29, 1.82) is 0 Å². The summed E-state index contributed by atoms with van der Waals surface area (Å²) >= 11 is 0. The van der Waals surface area contributed by atoms with Gasteiger partial charge in [-0.25, -0.2) is 0 Å². The fraction of sp³-hybridized carbons (Fsp3) is 0.556. The van der Waals surface area contributed by atoms with Gasteiger partial charge in [0.25, 0.3) is 0 Å². The summed E-state index contributed by atoms with van der Waals surface area (Å²) in [7, 11) is 1.37. The molecule has 0 aliphatic carbocycles. The first-order chi connectivity index (χ1) is 11.1. The van der Waals surface area contributed by atoms with Gasteiger partial charge in [-0.1, -0.05) is 38.5 Å². The molecule has 0 fully saturated rings. The van der Waals surface area contributed by atoms with E-state index in [0.29, 0.717) is 26.1 Å². The first kappa shape index (κ1) is 19.0. The maximum atomic E-state index is 12.4. The molecule has 0 heterocycles. The molecule has 1 amide bonds. The maximum Gasteiger partial charge on any atom is 0.310 e. The first-order valence-corrected chi connectivity index (χ1v) is 8.12. The van der Waals surface area contributed by atoms with E-state index >= 15 is 0 Å². The lowest BCUT2D eigenvalue weighted by molar-refractivity contribution is -0.146.